The number of rotatable bonds is 10. The van der Waals surface area contributed by atoms with Crippen molar-refractivity contribution in [3.63, 3.8) is 0 Å². The van der Waals surface area contributed by atoms with Crippen LogP contribution in [0.1, 0.15) is 50.7 Å². The van der Waals surface area contributed by atoms with Gasteiger partial charge in [0.1, 0.15) is 11.5 Å². The molecule has 0 aliphatic heterocycles. The second-order valence-electron chi connectivity index (χ2n) is 6.36. The number of thioether (sulfide) groups is 2. The van der Waals surface area contributed by atoms with Crippen molar-refractivity contribution in [2.75, 3.05) is 11.5 Å². The first-order valence-corrected chi connectivity index (χ1v) is 11.3. The van der Waals surface area contributed by atoms with E-state index in [0.29, 0.717) is 0 Å². The topological polar surface area (TPSA) is 9.23 Å². The summed E-state index contributed by atoms with van der Waals surface area (Å²) in [7, 11) is 0. The van der Waals surface area contributed by atoms with Crippen LogP contribution in [0.4, 0.5) is 0 Å². The molecule has 0 aliphatic carbocycles. The van der Waals surface area contributed by atoms with E-state index in [1.165, 1.54) is 58.1 Å². The van der Waals surface area contributed by atoms with Gasteiger partial charge in [0, 0.05) is 9.79 Å². The lowest BCUT2D eigenvalue weighted by Gasteiger charge is -2.13. The van der Waals surface area contributed by atoms with E-state index >= 15 is 0 Å². The number of hydrogen-bond donors (Lipinski definition) is 0. The molecule has 0 amide bonds. The number of aryl methyl sites for hydroxylation is 2. The molecule has 0 radical (unpaired) electrons. The first kappa shape index (κ1) is 20.3. The Labute approximate surface area is 161 Å². The SMILES string of the molecule is CCCCSc1ccc(Oc2ccc(SCCCC)cc2C)c(C)c1. The highest BCUT2D eigenvalue weighted by atomic mass is 32.2. The van der Waals surface area contributed by atoms with Gasteiger partial charge >= 0.3 is 0 Å². The average Bonchev–Trinajstić information content (AvgIpc) is 2.59. The van der Waals surface area contributed by atoms with Crippen LogP contribution in [0.5, 0.6) is 11.5 Å². The Morgan fingerprint density at radius 1 is 0.720 bits per heavy atom. The zero-order chi connectivity index (χ0) is 18.1. The van der Waals surface area contributed by atoms with Crippen molar-refractivity contribution < 1.29 is 4.74 Å². The molecule has 0 bridgehead atoms. The van der Waals surface area contributed by atoms with Crippen LogP contribution >= 0.6 is 23.5 Å². The molecule has 0 aromatic heterocycles. The van der Waals surface area contributed by atoms with Crippen LogP contribution in [0.3, 0.4) is 0 Å². The van der Waals surface area contributed by atoms with Gasteiger partial charge in [-0.15, -0.1) is 23.5 Å². The number of unbranched alkanes of at least 4 members (excludes halogenated alkanes) is 2. The fourth-order valence-electron chi connectivity index (χ4n) is 2.44. The Morgan fingerprint density at radius 2 is 1.16 bits per heavy atom. The number of hydrogen-bond acceptors (Lipinski definition) is 3. The Balaban J connectivity index is 2.01. The predicted molar refractivity (Wildman–Crippen MR) is 114 cm³/mol. The standard InChI is InChI=1S/C22H30OS2/c1-5-7-13-24-19-9-11-21(17(3)15-19)23-22-12-10-20(16-18(22)4)25-14-8-6-2/h9-12,15-16H,5-8,13-14H2,1-4H3. The molecule has 0 saturated heterocycles. The second kappa shape index (κ2) is 10.8. The molecule has 0 saturated carbocycles. The Hall–Kier alpha value is -1.06. The maximum Gasteiger partial charge on any atom is 0.130 e. The Kier molecular flexibility index (Phi) is 8.77. The van der Waals surface area contributed by atoms with Crippen LogP contribution in [0.25, 0.3) is 0 Å². The molecule has 0 heterocycles. The molecule has 0 fully saturated rings. The van der Waals surface area contributed by atoms with E-state index in [0.717, 1.165) is 11.5 Å². The van der Waals surface area contributed by atoms with Gasteiger partial charge in [-0.2, -0.15) is 0 Å². The predicted octanol–water partition coefficient (Wildman–Crippen LogP) is 7.88. The fourth-order valence-corrected chi connectivity index (χ4v) is 4.63. The molecule has 2 rings (SSSR count). The highest BCUT2D eigenvalue weighted by Crippen LogP contribution is 2.33. The molecule has 0 N–H and O–H groups in total. The molecule has 0 aliphatic rings. The summed E-state index contributed by atoms with van der Waals surface area (Å²) in [4.78, 5) is 2.66. The van der Waals surface area contributed by atoms with Gasteiger partial charge < -0.3 is 4.74 Å². The summed E-state index contributed by atoms with van der Waals surface area (Å²) in [6.07, 6.45) is 5.03. The monoisotopic (exact) mass is 374 g/mol. The largest absolute Gasteiger partial charge is 0.457 e. The summed E-state index contributed by atoms with van der Waals surface area (Å²) < 4.78 is 6.18. The molecule has 136 valence electrons. The maximum absolute atomic E-state index is 6.18. The minimum absolute atomic E-state index is 0.953. The Morgan fingerprint density at radius 3 is 1.52 bits per heavy atom. The van der Waals surface area contributed by atoms with Crippen molar-refractivity contribution in [3.05, 3.63) is 47.5 Å². The first-order valence-electron chi connectivity index (χ1n) is 9.28. The summed E-state index contributed by atoms with van der Waals surface area (Å²) in [5, 5.41) is 0. The molecule has 3 heteroatoms. The minimum Gasteiger partial charge on any atom is -0.457 e. The molecule has 2 aromatic carbocycles. The van der Waals surface area contributed by atoms with Gasteiger partial charge in [0.25, 0.3) is 0 Å². The van der Waals surface area contributed by atoms with Crippen molar-refractivity contribution in [2.45, 2.75) is 63.2 Å². The summed E-state index contributed by atoms with van der Waals surface area (Å²) in [6.45, 7) is 8.73. The van der Waals surface area contributed by atoms with Crippen LogP contribution in [0.15, 0.2) is 46.2 Å². The van der Waals surface area contributed by atoms with E-state index in [-0.39, 0.29) is 0 Å². The van der Waals surface area contributed by atoms with Gasteiger partial charge in [-0.3, -0.25) is 0 Å². The number of benzene rings is 2. The molecule has 25 heavy (non-hydrogen) atoms. The van der Waals surface area contributed by atoms with Crippen molar-refractivity contribution >= 4 is 23.5 Å². The van der Waals surface area contributed by atoms with Gasteiger partial charge in [0.15, 0.2) is 0 Å². The average molecular weight is 375 g/mol. The molecule has 0 spiro atoms. The fraction of sp³-hybridized carbons (Fsp3) is 0.455. The van der Waals surface area contributed by atoms with Crippen LogP contribution in [0, 0.1) is 13.8 Å². The van der Waals surface area contributed by atoms with E-state index in [9.17, 15) is 0 Å². The third-order valence-corrected chi connectivity index (χ3v) is 6.21. The smallest absolute Gasteiger partial charge is 0.130 e. The lowest BCUT2D eigenvalue weighted by Crippen LogP contribution is -1.91. The lowest BCUT2D eigenvalue weighted by atomic mass is 10.2. The van der Waals surface area contributed by atoms with Crippen LogP contribution in [-0.4, -0.2) is 11.5 Å². The van der Waals surface area contributed by atoms with Crippen LogP contribution in [0.2, 0.25) is 0 Å². The van der Waals surface area contributed by atoms with Gasteiger partial charge in [0.2, 0.25) is 0 Å². The normalized spacial score (nSPS) is 10.9. The first-order chi connectivity index (χ1) is 12.1. The van der Waals surface area contributed by atoms with E-state index in [4.69, 9.17) is 4.74 Å². The molecule has 0 atom stereocenters. The minimum atomic E-state index is 0.953. The van der Waals surface area contributed by atoms with E-state index in [2.05, 4.69) is 64.1 Å². The third kappa shape index (κ3) is 6.63. The third-order valence-electron chi connectivity index (χ3n) is 4.05. The highest BCUT2D eigenvalue weighted by molar-refractivity contribution is 7.99. The summed E-state index contributed by atoms with van der Waals surface area (Å²) in [6, 6.07) is 13.0. The van der Waals surface area contributed by atoms with Crippen molar-refractivity contribution in [1.29, 1.82) is 0 Å². The van der Waals surface area contributed by atoms with Crippen LogP contribution < -0.4 is 4.74 Å². The molecule has 0 unspecified atom stereocenters. The summed E-state index contributed by atoms with van der Waals surface area (Å²) in [5.41, 5.74) is 2.39. The van der Waals surface area contributed by atoms with Crippen LogP contribution in [-0.2, 0) is 0 Å². The quantitative estimate of drug-likeness (QED) is 0.309. The Bertz CT molecular complexity index is 610. The zero-order valence-electron chi connectivity index (χ0n) is 15.9. The van der Waals surface area contributed by atoms with Gasteiger partial charge in [-0.05, 0) is 85.7 Å². The summed E-state index contributed by atoms with van der Waals surface area (Å²) in [5.74, 6) is 4.28. The maximum atomic E-state index is 6.18. The molecule has 2 aromatic rings. The highest BCUT2D eigenvalue weighted by Gasteiger charge is 2.07. The number of ether oxygens (including phenoxy) is 1. The van der Waals surface area contributed by atoms with Crippen molar-refractivity contribution in [3.8, 4) is 11.5 Å². The van der Waals surface area contributed by atoms with Crippen molar-refractivity contribution in [1.82, 2.24) is 0 Å². The van der Waals surface area contributed by atoms with Gasteiger partial charge in [0.05, 0.1) is 0 Å². The van der Waals surface area contributed by atoms with Gasteiger partial charge in [-0.25, -0.2) is 0 Å². The van der Waals surface area contributed by atoms with E-state index in [1.807, 2.05) is 23.5 Å². The zero-order valence-corrected chi connectivity index (χ0v) is 17.6. The molecular formula is C22H30OS2. The van der Waals surface area contributed by atoms with E-state index < -0.39 is 0 Å². The molecular weight excluding hydrogens is 344 g/mol. The van der Waals surface area contributed by atoms with E-state index in [1.54, 1.807) is 0 Å². The molecule has 1 nitrogen and oxygen atoms in total. The van der Waals surface area contributed by atoms with Gasteiger partial charge in [-0.1, -0.05) is 26.7 Å². The van der Waals surface area contributed by atoms with Crippen molar-refractivity contribution in [2.24, 2.45) is 0 Å². The summed E-state index contributed by atoms with van der Waals surface area (Å²) >= 11 is 3.86. The second-order valence-corrected chi connectivity index (χ2v) is 8.70. The lowest BCUT2D eigenvalue weighted by molar-refractivity contribution is 0.474.